The lowest BCUT2D eigenvalue weighted by atomic mass is 9.80. The van der Waals surface area contributed by atoms with E-state index in [2.05, 4.69) is 51.8 Å². The molecular weight excluding hydrogens is 232 g/mol. The fourth-order valence-electron chi connectivity index (χ4n) is 2.78. The van der Waals surface area contributed by atoms with E-state index >= 15 is 0 Å². The Balaban J connectivity index is 2.62. The average molecular weight is 268 g/mol. The third-order valence-corrected chi connectivity index (χ3v) is 4.61. The van der Waals surface area contributed by atoms with E-state index in [1.54, 1.807) is 0 Å². The van der Waals surface area contributed by atoms with Crippen LogP contribution in [0.25, 0.3) is 0 Å². The highest BCUT2D eigenvalue weighted by Crippen LogP contribution is 2.34. The Labute approximate surface area is 121 Å². The van der Waals surface area contributed by atoms with E-state index in [0.717, 1.165) is 12.6 Å². The highest BCUT2D eigenvalue weighted by molar-refractivity contribution is 4.91. The molecule has 1 rings (SSSR count). The average Bonchev–Trinajstić information content (AvgIpc) is 3.17. The molecule has 0 aliphatic heterocycles. The van der Waals surface area contributed by atoms with Crippen LogP contribution in [0.4, 0.5) is 0 Å². The fraction of sp³-hybridized carbons (Fsp3) is 1.00. The summed E-state index contributed by atoms with van der Waals surface area (Å²) in [6.07, 6.45) is 6.69. The lowest BCUT2D eigenvalue weighted by molar-refractivity contribution is 0.120. The van der Waals surface area contributed by atoms with Crippen LogP contribution in [-0.2, 0) is 0 Å². The van der Waals surface area contributed by atoms with Gasteiger partial charge >= 0.3 is 0 Å². The smallest absolute Gasteiger partial charge is 0.00967 e. The van der Waals surface area contributed by atoms with Crippen molar-refractivity contribution in [2.45, 2.75) is 85.2 Å². The molecule has 0 radical (unpaired) electrons. The summed E-state index contributed by atoms with van der Waals surface area (Å²) >= 11 is 0. The molecule has 114 valence electrons. The van der Waals surface area contributed by atoms with Crippen molar-refractivity contribution in [3.8, 4) is 0 Å². The van der Waals surface area contributed by atoms with Gasteiger partial charge in [-0.2, -0.15) is 0 Å². The van der Waals surface area contributed by atoms with E-state index in [9.17, 15) is 0 Å². The second kappa shape index (κ2) is 7.08. The molecule has 2 heteroatoms. The second-order valence-electron chi connectivity index (χ2n) is 7.51. The third kappa shape index (κ3) is 5.83. The molecular formula is C17H36N2. The minimum absolute atomic E-state index is 0.227. The summed E-state index contributed by atoms with van der Waals surface area (Å²) in [5, 5.41) is 3.74. The molecule has 0 unspecified atom stereocenters. The number of hydrogen-bond acceptors (Lipinski definition) is 2. The summed E-state index contributed by atoms with van der Waals surface area (Å²) in [6, 6.07) is 0.895. The summed E-state index contributed by atoms with van der Waals surface area (Å²) in [5.74, 6) is 0. The molecule has 0 saturated heterocycles. The van der Waals surface area contributed by atoms with E-state index in [1.807, 2.05) is 0 Å². The van der Waals surface area contributed by atoms with Gasteiger partial charge in [-0.15, -0.1) is 0 Å². The Bertz CT molecular complexity index is 246. The minimum atomic E-state index is 0.227. The van der Waals surface area contributed by atoms with Crippen LogP contribution in [-0.4, -0.2) is 36.1 Å². The lowest BCUT2D eigenvalue weighted by Crippen LogP contribution is -2.49. The van der Waals surface area contributed by atoms with Crippen LogP contribution in [0.5, 0.6) is 0 Å². The zero-order valence-corrected chi connectivity index (χ0v) is 14.2. The Morgan fingerprint density at radius 2 is 1.63 bits per heavy atom. The van der Waals surface area contributed by atoms with Crippen LogP contribution in [0.1, 0.15) is 73.6 Å². The molecule has 0 spiro atoms. The van der Waals surface area contributed by atoms with Crippen LogP contribution in [0.2, 0.25) is 0 Å². The molecule has 0 heterocycles. The first-order valence-electron chi connectivity index (χ1n) is 8.35. The van der Waals surface area contributed by atoms with Crippen molar-refractivity contribution < 1.29 is 0 Å². The Hall–Kier alpha value is -0.0800. The van der Waals surface area contributed by atoms with Crippen molar-refractivity contribution in [3.05, 3.63) is 0 Å². The van der Waals surface area contributed by atoms with Crippen molar-refractivity contribution in [3.63, 3.8) is 0 Å². The number of nitrogens with zero attached hydrogens (tertiary/aromatic N) is 1. The number of nitrogens with one attached hydrogen (secondary N) is 1. The summed E-state index contributed by atoms with van der Waals surface area (Å²) < 4.78 is 0. The third-order valence-electron chi connectivity index (χ3n) is 4.61. The van der Waals surface area contributed by atoms with Gasteiger partial charge in [0.05, 0.1) is 0 Å². The van der Waals surface area contributed by atoms with Gasteiger partial charge in [-0.3, -0.25) is 4.90 Å². The highest BCUT2D eigenvalue weighted by Gasteiger charge is 2.35. The molecule has 0 amide bonds. The molecule has 1 N–H and O–H groups in total. The van der Waals surface area contributed by atoms with Gasteiger partial charge in [-0.1, -0.05) is 20.8 Å². The maximum atomic E-state index is 3.74. The van der Waals surface area contributed by atoms with E-state index < -0.39 is 0 Å². The topological polar surface area (TPSA) is 15.3 Å². The predicted octanol–water partition coefficient (Wildman–Crippen LogP) is 4.06. The highest BCUT2D eigenvalue weighted by atomic mass is 15.2. The van der Waals surface area contributed by atoms with Gasteiger partial charge in [0.1, 0.15) is 0 Å². The van der Waals surface area contributed by atoms with E-state index in [0.29, 0.717) is 5.41 Å². The monoisotopic (exact) mass is 268 g/mol. The van der Waals surface area contributed by atoms with Crippen molar-refractivity contribution in [2.75, 3.05) is 19.6 Å². The van der Waals surface area contributed by atoms with Gasteiger partial charge in [0.25, 0.3) is 0 Å². The summed E-state index contributed by atoms with van der Waals surface area (Å²) in [6.45, 7) is 17.6. The molecule has 1 saturated carbocycles. The molecule has 0 aromatic carbocycles. The lowest BCUT2D eigenvalue weighted by Gasteiger charge is -2.39. The molecule has 2 nitrogen and oxygen atoms in total. The van der Waals surface area contributed by atoms with Gasteiger partial charge in [-0.05, 0) is 64.8 Å². The number of rotatable bonds is 9. The summed E-state index contributed by atoms with van der Waals surface area (Å²) in [4.78, 5) is 2.76. The fourth-order valence-corrected chi connectivity index (χ4v) is 2.78. The molecule has 1 aliphatic carbocycles. The maximum Gasteiger partial charge on any atom is 0.00967 e. The minimum Gasteiger partial charge on any atom is -0.311 e. The van der Waals surface area contributed by atoms with Gasteiger partial charge in [-0.25, -0.2) is 0 Å². The normalized spacial score (nSPS) is 17.2. The predicted molar refractivity (Wildman–Crippen MR) is 85.7 cm³/mol. The van der Waals surface area contributed by atoms with E-state index in [-0.39, 0.29) is 5.54 Å². The molecule has 0 aromatic heterocycles. The maximum absolute atomic E-state index is 3.74. The van der Waals surface area contributed by atoms with E-state index in [4.69, 9.17) is 0 Å². The second-order valence-corrected chi connectivity index (χ2v) is 7.51. The van der Waals surface area contributed by atoms with Crippen molar-refractivity contribution in [2.24, 2.45) is 5.41 Å². The molecule has 19 heavy (non-hydrogen) atoms. The summed E-state index contributed by atoms with van der Waals surface area (Å²) in [7, 11) is 0. The first kappa shape index (κ1) is 17.0. The molecule has 0 atom stereocenters. The van der Waals surface area contributed by atoms with Crippen LogP contribution in [0.3, 0.4) is 0 Å². The van der Waals surface area contributed by atoms with Gasteiger partial charge in [0, 0.05) is 24.7 Å². The Morgan fingerprint density at radius 1 is 1.05 bits per heavy atom. The molecule has 0 aromatic rings. The zero-order valence-electron chi connectivity index (χ0n) is 14.2. The standard InChI is InChI=1S/C17H36N2/c1-7-12-19(15-10-11-15)14-17(8-2,9-3)13-18-16(4,5)6/h15,18H,7-14H2,1-6H3. The van der Waals surface area contributed by atoms with Crippen LogP contribution in [0.15, 0.2) is 0 Å². The molecule has 0 bridgehead atoms. The van der Waals surface area contributed by atoms with Gasteiger partial charge in [0.2, 0.25) is 0 Å². The zero-order chi connectivity index (χ0) is 14.5. The Kier molecular flexibility index (Phi) is 6.32. The summed E-state index contributed by atoms with van der Waals surface area (Å²) in [5.41, 5.74) is 0.676. The SMILES string of the molecule is CCCN(CC(CC)(CC)CNC(C)(C)C)C1CC1. The largest absolute Gasteiger partial charge is 0.311 e. The Morgan fingerprint density at radius 3 is 2.00 bits per heavy atom. The quantitative estimate of drug-likeness (QED) is 0.678. The van der Waals surface area contributed by atoms with Crippen molar-refractivity contribution in [1.82, 2.24) is 10.2 Å². The van der Waals surface area contributed by atoms with Crippen molar-refractivity contribution in [1.29, 1.82) is 0 Å². The van der Waals surface area contributed by atoms with Gasteiger partial charge < -0.3 is 5.32 Å². The molecule has 1 aliphatic rings. The first-order chi connectivity index (χ1) is 8.86. The molecule has 1 fully saturated rings. The first-order valence-corrected chi connectivity index (χ1v) is 8.35. The van der Waals surface area contributed by atoms with Crippen LogP contribution in [0, 0.1) is 5.41 Å². The van der Waals surface area contributed by atoms with Gasteiger partial charge in [0.15, 0.2) is 0 Å². The van der Waals surface area contributed by atoms with E-state index in [1.165, 1.54) is 45.2 Å². The van der Waals surface area contributed by atoms with Crippen LogP contribution >= 0.6 is 0 Å². The number of hydrogen-bond donors (Lipinski definition) is 1. The van der Waals surface area contributed by atoms with Crippen LogP contribution < -0.4 is 5.32 Å². The van der Waals surface area contributed by atoms with Crippen molar-refractivity contribution >= 4 is 0 Å².